The fourth-order valence-electron chi connectivity index (χ4n) is 9.17. The van der Waals surface area contributed by atoms with Gasteiger partial charge in [0, 0.05) is 40.3 Å². The molecule has 0 nitrogen and oxygen atoms in total. The van der Waals surface area contributed by atoms with E-state index in [9.17, 15) is 0 Å². The molecule has 2 heteroatoms. The largest absolute Gasteiger partial charge is 0.134 e. The minimum absolute atomic E-state index is 1.24. The molecule has 0 radical (unpaired) electrons. The van der Waals surface area contributed by atoms with Crippen molar-refractivity contribution in [3.8, 4) is 33.4 Å². The van der Waals surface area contributed by atoms with Crippen molar-refractivity contribution in [3.05, 3.63) is 182 Å². The average Bonchev–Trinajstić information content (AvgIpc) is 3.82. The zero-order chi connectivity index (χ0) is 35.3. The highest BCUT2D eigenvalue weighted by atomic mass is 32.1. The summed E-state index contributed by atoms with van der Waals surface area (Å²) >= 11 is 3.88. The van der Waals surface area contributed by atoms with Gasteiger partial charge in [0.2, 0.25) is 0 Å². The second-order valence-corrected chi connectivity index (χ2v) is 16.4. The fraction of sp³-hybridized carbons (Fsp3) is 0. The van der Waals surface area contributed by atoms with Crippen LogP contribution in [0.1, 0.15) is 0 Å². The van der Waals surface area contributed by atoms with Crippen molar-refractivity contribution in [1.29, 1.82) is 0 Å². The van der Waals surface area contributed by atoms with Gasteiger partial charge in [-0.15, -0.1) is 22.7 Å². The van der Waals surface area contributed by atoms with Crippen LogP contribution in [0.5, 0.6) is 0 Å². The Labute approximate surface area is 319 Å². The van der Waals surface area contributed by atoms with Gasteiger partial charge in [0.15, 0.2) is 0 Å². The first-order valence-corrected chi connectivity index (χ1v) is 20.1. The van der Waals surface area contributed by atoms with Gasteiger partial charge in [-0.2, -0.15) is 0 Å². The highest BCUT2D eigenvalue weighted by Crippen LogP contribution is 2.52. The third kappa shape index (κ3) is 4.24. The summed E-state index contributed by atoms with van der Waals surface area (Å²) in [7, 11) is 0. The van der Waals surface area contributed by atoms with Gasteiger partial charge in [0.25, 0.3) is 0 Å². The molecule has 0 fully saturated rings. The van der Waals surface area contributed by atoms with Crippen molar-refractivity contribution >= 4 is 106 Å². The van der Waals surface area contributed by atoms with Gasteiger partial charge in [-0.3, -0.25) is 0 Å². The summed E-state index contributed by atoms with van der Waals surface area (Å²) in [4.78, 5) is 0. The molecule has 0 N–H and O–H groups in total. The van der Waals surface area contributed by atoms with Crippen molar-refractivity contribution < 1.29 is 0 Å². The number of thiophene rings is 2. The van der Waals surface area contributed by atoms with Crippen molar-refractivity contribution in [2.45, 2.75) is 0 Å². The molecule has 0 aliphatic rings. The van der Waals surface area contributed by atoms with E-state index in [1.54, 1.807) is 0 Å². The Hall–Kier alpha value is -6.32. The van der Waals surface area contributed by atoms with Gasteiger partial charge in [0.1, 0.15) is 0 Å². The zero-order valence-electron chi connectivity index (χ0n) is 29.1. The molecule has 12 rings (SSSR count). The molecular weight excluding hydrogens is 689 g/mol. The number of hydrogen-bond donors (Lipinski definition) is 0. The Morgan fingerprint density at radius 2 is 0.815 bits per heavy atom. The van der Waals surface area contributed by atoms with Crippen LogP contribution in [0.4, 0.5) is 0 Å². The summed E-state index contributed by atoms with van der Waals surface area (Å²) in [6.45, 7) is 0. The summed E-state index contributed by atoms with van der Waals surface area (Å²) < 4.78 is 5.43. The molecule has 0 aliphatic heterocycles. The number of fused-ring (bicyclic) bond motifs is 12. The molecule has 0 saturated heterocycles. The Morgan fingerprint density at radius 3 is 1.54 bits per heavy atom. The maximum Gasteiger partial charge on any atom is 0.0454 e. The van der Waals surface area contributed by atoms with Gasteiger partial charge in [-0.05, 0) is 88.6 Å². The molecule has 0 bridgehead atoms. The standard InChI is InChI=1S/C52H30S2/c1-2-15-32(16-3-1)47-37-20-8-10-22-39(37)48(40-23-11-9-21-38(40)47)41-29-28-36(34-18-6-7-19-35(34)41)44-30-46-50(52-49(44)42-24-12-13-25-45(42)53-52)43-27-26-31-14-4-5-17-33(31)51(43)54-46/h1-30H. The van der Waals surface area contributed by atoms with Crippen LogP contribution >= 0.6 is 22.7 Å². The van der Waals surface area contributed by atoms with Crippen molar-refractivity contribution in [2.75, 3.05) is 0 Å². The van der Waals surface area contributed by atoms with Crippen molar-refractivity contribution in [3.63, 3.8) is 0 Å². The Bertz CT molecular complexity index is 3430. The Kier molecular flexibility index (Phi) is 6.48. The molecule has 12 aromatic rings. The molecule has 0 saturated carbocycles. The maximum atomic E-state index is 2.50. The van der Waals surface area contributed by atoms with Crippen LogP contribution in [0, 0.1) is 0 Å². The van der Waals surface area contributed by atoms with E-state index in [0.717, 1.165) is 0 Å². The first-order valence-electron chi connectivity index (χ1n) is 18.5. The van der Waals surface area contributed by atoms with Gasteiger partial charge in [0.05, 0.1) is 0 Å². The summed E-state index contributed by atoms with van der Waals surface area (Å²) in [5, 5.41) is 15.7. The predicted molar refractivity (Wildman–Crippen MR) is 239 cm³/mol. The minimum atomic E-state index is 1.24. The highest BCUT2D eigenvalue weighted by molar-refractivity contribution is 7.30. The van der Waals surface area contributed by atoms with Crippen LogP contribution in [0.25, 0.3) is 117 Å². The lowest BCUT2D eigenvalue weighted by atomic mass is 9.83. The van der Waals surface area contributed by atoms with Crippen molar-refractivity contribution in [2.24, 2.45) is 0 Å². The molecule has 0 atom stereocenters. The van der Waals surface area contributed by atoms with E-state index in [1.165, 1.54) is 117 Å². The quantitative estimate of drug-likeness (QED) is 0.160. The van der Waals surface area contributed by atoms with E-state index in [0.29, 0.717) is 0 Å². The third-order valence-corrected chi connectivity index (χ3v) is 13.8. The van der Waals surface area contributed by atoms with Crippen LogP contribution in [-0.2, 0) is 0 Å². The Morgan fingerprint density at radius 1 is 0.278 bits per heavy atom. The van der Waals surface area contributed by atoms with Gasteiger partial charge >= 0.3 is 0 Å². The number of hydrogen-bond acceptors (Lipinski definition) is 2. The van der Waals surface area contributed by atoms with Crippen molar-refractivity contribution in [1.82, 2.24) is 0 Å². The molecule has 2 heterocycles. The number of benzene rings is 10. The minimum Gasteiger partial charge on any atom is -0.134 e. The third-order valence-electron chi connectivity index (χ3n) is 11.5. The maximum absolute atomic E-state index is 2.50. The van der Waals surface area contributed by atoms with E-state index < -0.39 is 0 Å². The van der Waals surface area contributed by atoms with Gasteiger partial charge in [-0.25, -0.2) is 0 Å². The predicted octanol–water partition coefficient (Wildman–Crippen LogP) is 16.0. The normalized spacial score (nSPS) is 12.1. The lowest BCUT2D eigenvalue weighted by Crippen LogP contribution is -1.92. The Balaban J connectivity index is 1.19. The molecule has 0 spiro atoms. The molecule has 10 aromatic carbocycles. The molecule has 250 valence electrons. The van der Waals surface area contributed by atoms with E-state index in [-0.39, 0.29) is 0 Å². The lowest BCUT2D eigenvalue weighted by molar-refractivity contribution is 1.66. The summed E-state index contributed by atoms with van der Waals surface area (Å²) in [6, 6.07) is 67.6. The molecule has 0 unspecified atom stereocenters. The average molecular weight is 719 g/mol. The molecule has 54 heavy (non-hydrogen) atoms. The first kappa shape index (κ1) is 30.2. The highest BCUT2D eigenvalue weighted by Gasteiger charge is 2.22. The summed E-state index contributed by atoms with van der Waals surface area (Å²) in [5.41, 5.74) is 7.68. The van der Waals surface area contributed by atoms with Crippen LogP contribution < -0.4 is 0 Å². The summed E-state index contributed by atoms with van der Waals surface area (Å²) in [6.07, 6.45) is 0. The van der Waals surface area contributed by atoms with Crippen LogP contribution in [0.2, 0.25) is 0 Å². The summed E-state index contributed by atoms with van der Waals surface area (Å²) in [5.74, 6) is 0. The molecule has 0 aliphatic carbocycles. The first-order chi connectivity index (χ1) is 26.8. The zero-order valence-corrected chi connectivity index (χ0v) is 30.8. The van der Waals surface area contributed by atoms with Crippen LogP contribution in [0.3, 0.4) is 0 Å². The number of rotatable bonds is 3. The smallest absolute Gasteiger partial charge is 0.0454 e. The van der Waals surface area contributed by atoms with Crippen LogP contribution in [0.15, 0.2) is 182 Å². The van der Waals surface area contributed by atoms with E-state index >= 15 is 0 Å². The van der Waals surface area contributed by atoms with Gasteiger partial charge in [-0.1, -0.05) is 170 Å². The SMILES string of the molecule is c1ccc(-c2c3ccccc3c(-c3ccc(-c4cc5sc6c7ccccc7ccc6c5c5sc6ccccc6c45)c4ccccc34)c3ccccc23)cc1. The van der Waals surface area contributed by atoms with Crippen LogP contribution in [-0.4, -0.2) is 0 Å². The molecular formula is C52H30S2. The second-order valence-electron chi connectivity index (χ2n) is 14.3. The molecule has 2 aromatic heterocycles. The second kappa shape index (κ2) is 11.6. The fourth-order valence-corrected chi connectivity index (χ4v) is 11.8. The monoisotopic (exact) mass is 718 g/mol. The van der Waals surface area contributed by atoms with E-state index in [4.69, 9.17) is 0 Å². The van der Waals surface area contributed by atoms with E-state index in [1.807, 2.05) is 22.7 Å². The van der Waals surface area contributed by atoms with E-state index in [2.05, 4.69) is 182 Å². The lowest BCUT2D eigenvalue weighted by Gasteiger charge is -2.20. The molecule has 0 amide bonds. The van der Waals surface area contributed by atoms with Gasteiger partial charge < -0.3 is 0 Å². The topological polar surface area (TPSA) is 0 Å².